The van der Waals surface area contributed by atoms with Crippen LogP contribution in [-0.2, 0) is 4.79 Å². The second kappa shape index (κ2) is 11.0. The zero-order chi connectivity index (χ0) is 26.9. The first-order chi connectivity index (χ1) is 17.6. The number of fused-ring (bicyclic) bond motifs is 1. The van der Waals surface area contributed by atoms with Crippen molar-refractivity contribution in [2.45, 2.75) is 51.7 Å². The van der Waals surface area contributed by atoms with Gasteiger partial charge in [-0.05, 0) is 105 Å². The molecule has 1 aliphatic heterocycles. The van der Waals surface area contributed by atoms with E-state index in [0.29, 0.717) is 5.02 Å². The Hall–Kier alpha value is -3.35. The minimum atomic E-state index is -0.940. The summed E-state index contributed by atoms with van der Waals surface area (Å²) in [6, 6.07) is 19.3. The van der Waals surface area contributed by atoms with Crippen molar-refractivity contribution >= 4 is 34.9 Å². The van der Waals surface area contributed by atoms with Crippen LogP contribution in [0.5, 0.6) is 0 Å². The first-order valence-corrected chi connectivity index (χ1v) is 13.0. The van der Waals surface area contributed by atoms with E-state index in [1.165, 1.54) is 0 Å². The molecule has 0 radical (unpaired) electrons. The number of carbonyl (C=O) groups is 2. The Morgan fingerprint density at radius 3 is 2.41 bits per heavy atom. The minimum Gasteiger partial charge on any atom is -0.478 e. The van der Waals surface area contributed by atoms with Crippen molar-refractivity contribution in [1.29, 1.82) is 0 Å². The van der Waals surface area contributed by atoms with Gasteiger partial charge in [-0.3, -0.25) is 4.79 Å². The molecule has 3 aromatic carbocycles. The lowest BCUT2D eigenvalue weighted by molar-refractivity contribution is -0.117. The average Bonchev–Trinajstić information content (AvgIpc) is 2.85. The van der Waals surface area contributed by atoms with Crippen LogP contribution in [-0.4, -0.2) is 42.0 Å². The number of halogens is 1. The molecule has 1 unspecified atom stereocenters. The maximum Gasteiger partial charge on any atom is 0.335 e. The molecule has 37 heavy (non-hydrogen) atoms. The number of rotatable bonds is 7. The maximum absolute atomic E-state index is 12.6. The van der Waals surface area contributed by atoms with Crippen molar-refractivity contribution in [2.75, 3.05) is 24.3 Å². The number of hydrogen-bond donors (Lipinski definition) is 2. The molecule has 0 bridgehead atoms. The molecule has 0 saturated heterocycles. The molecule has 0 aliphatic carbocycles. The van der Waals surface area contributed by atoms with Gasteiger partial charge in [0.25, 0.3) is 0 Å². The Morgan fingerprint density at radius 1 is 1.11 bits per heavy atom. The zero-order valence-electron chi connectivity index (χ0n) is 22.0. The quantitative estimate of drug-likeness (QED) is 0.351. The van der Waals surface area contributed by atoms with E-state index in [0.717, 1.165) is 46.5 Å². The number of carbonyl (C=O) groups excluding carboxylic acids is 1. The Morgan fingerprint density at radius 2 is 1.81 bits per heavy atom. The second-order valence-electron chi connectivity index (χ2n) is 9.95. The molecule has 3 atom stereocenters. The van der Waals surface area contributed by atoms with Gasteiger partial charge in [-0.15, -0.1) is 0 Å². The highest BCUT2D eigenvalue weighted by atomic mass is 35.5. The monoisotopic (exact) mass is 519 g/mol. The standard InChI is InChI=1S/C30H34ClN3O3/c1-6-28(33(4)5)25-17-21(30(36)37)7-13-24(25)20-8-14-29-26(16-20)27(15-18(2)34(29)19(3)35)32-23-11-9-22(31)10-12-23/h7-14,16-18,27-28,32H,6,15H2,1-5H3,(H,36,37)/t18-,27+,28?/m0/s1. The third-order valence-electron chi connectivity index (χ3n) is 7.18. The summed E-state index contributed by atoms with van der Waals surface area (Å²) in [5.74, 6) is -0.929. The first kappa shape index (κ1) is 26.7. The highest BCUT2D eigenvalue weighted by molar-refractivity contribution is 6.30. The summed E-state index contributed by atoms with van der Waals surface area (Å²) in [7, 11) is 4.02. The number of anilines is 2. The Bertz CT molecular complexity index is 1310. The molecule has 0 saturated carbocycles. The third kappa shape index (κ3) is 5.50. The van der Waals surface area contributed by atoms with E-state index in [1.807, 2.05) is 61.5 Å². The Labute approximate surface area is 223 Å². The van der Waals surface area contributed by atoms with Gasteiger partial charge in [0, 0.05) is 35.4 Å². The van der Waals surface area contributed by atoms with E-state index < -0.39 is 5.97 Å². The van der Waals surface area contributed by atoms with Gasteiger partial charge in [0.05, 0.1) is 11.6 Å². The molecular formula is C30H34ClN3O3. The fraction of sp³-hybridized carbons (Fsp3) is 0.333. The fourth-order valence-electron chi connectivity index (χ4n) is 5.49. The van der Waals surface area contributed by atoms with Gasteiger partial charge < -0.3 is 20.2 Å². The number of amides is 1. The van der Waals surface area contributed by atoms with Crippen LogP contribution in [0.1, 0.15) is 67.2 Å². The lowest BCUT2D eigenvalue weighted by atomic mass is 9.86. The summed E-state index contributed by atoms with van der Waals surface area (Å²) >= 11 is 6.09. The summed E-state index contributed by atoms with van der Waals surface area (Å²) in [6.07, 6.45) is 1.59. The maximum atomic E-state index is 12.6. The van der Waals surface area contributed by atoms with E-state index in [-0.39, 0.29) is 29.6 Å². The second-order valence-corrected chi connectivity index (χ2v) is 10.4. The van der Waals surface area contributed by atoms with Gasteiger partial charge in [-0.2, -0.15) is 0 Å². The number of nitrogens with one attached hydrogen (secondary N) is 1. The number of carboxylic acids is 1. The van der Waals surface area contributed by atoms with Crippen molar-refractivity contribution in [3.8, 4) is 11.1 Å². The highest BCUT2D eigenvalue weighted by Crippen LogP contribution is 2.42. The summed E-state index contributed by atoms with van der Waals surface area (Å²) in [4.78, 5) is 28.4. The van der Waals surface area contributed by atoms with Crippen molar-refractivity contribution in [2.24, 2.45) is 0 Å². The van der Waals surface area contributed by atoms with Gasteiger partial charge in [-0.1, -0.05) is 30.7 Å². The Kier molecular flexibility index (Phi) is 7.90. The van der Waals surface area contributed by atoms with E-state index >= 15 is 0 Å². The molecule has 1 amide bonds. The lowest BCUT2D eigenvalue weighted by Crippen LogP contribution is -2.43. The van der Waals surface area contributed by atoms with E-state index in [1.54, 1.807) is 19.1 Å². The molecule has 1 heterocycles. The van der Waals surface area contributed by atoms with Crippen LogP contribution in [0, 0.1) is 0 Å². The number of carboxylic acid groups (broad SMARTS) is 1. The SMILES string of the molecule is CCC(c1cc(C(=O)O)ccc1-c1ccc2c(c1)[C@H](Nc1ccc(Cl)cc1)C[C@H](C)N2C(C)=O)N(C)C. The first-order valence-electron chi connectivity index (χ1n) is 12.6. The van der Waals surface area contributed by atoms with Crippen LogP contribution >= 0.6 is 11.6 Å². The number of aromatic carboxylic acids is 1. The molecule has 1 aliphatic rings. The van der Waals surface area contributed by atoms with Gasteiger partial charge >= 0.3 is 5.97 Å². The summed E-state index contributed by atoms with van der Waals surface area (Å²) < 4.78 is 0. The fourth-order valence-corrected chi connectivity index (χ4v) is 5.62. The number of nitrogens with zero attached hydrogens (tertiary/aromatic N) is 2. The van der Waals surface area contributed by atoms with Crippen LogP contribution in [0.15, 0.2) is 60.7 Å². The molecule has 194 valence electrons. The normalized spacial score (nSPS) is 17.9. The predicted molar refractivity (Wildman–Crippen MR) is 151 cm³/mol. The zero-order valence-corrected chi connectivity index (χ0v) is 22.7. The van der Waals surface area contributed by atoms with Crippen LogP contribution in [0.4, 0.5) is 11.4 Å². The minimum absolute atomic E-state index is 0.0107. The van der Waals surface area contributed by atoms with Gasteiger partial charge in [0.15, 0.2) is 0 Å². The largest absolute Gasteiger partial charge is 0.478 e. The lowest BCUT2D eigenvalue weighted by Gasteiger charge is -2.40. The molecular weight excluding hydrogens is 486 g/mol. The van der Waals surface area contributed by atoms with Gasteiger partial charge in [0.1, 0.15) is 0 Å². The van der Waals surface area contributed by atoms with Crippen molar-refractivity contribution < 1.29 is 14.7 Å². The summed E-state index contributed by atoms with van der Waals surface area (Å²) in [6.45, 7) is 5.78. The predicted octanol–water partition coefficient (Wildman–Crippen LogP) is 7.02. The molecule has 0 fully saturated rings. The molecule has 2 N–H and O–H groups in total. The van der Waals surface area contributed by atoms with Crippen LogP contribution in [0.25, 0.3) is 11.1 Å². The van der Waals surface area contributed by atoms with Crippen LogP contribution in [0.3, 0.4) is 0 Å². The summed E-state index contributed by atoms with van der Waals surface area (Å²) in [5.41, 5.74) is 6.12. The molecule has 0 spiro atoms. The molecule has 6 nitrogen and oxygen atoms in total. The van der Waals surface area contributed by atoms with Gasteiger partial charge in [-0.25, -0.2) is 4.79 Å². The average molecular weight is 520 g/mol. The molecule has 0 aromatic heterocycles. The van der Waals surface area contributed by atoms with Crippen molar-refractivity contribution in [3.05, 3.63) is 82.4 Å². The van der Waals surface area contributed by atoms with Crippen LogP contribution in [0.2, 0.25) is 5.02 Å². The third-order valence-corrected chi connectivity index (χ3v) is 7.43. The van der Waals surface area contributed by atoms with E-state index in [2.05, 4.69) is 30.1 Å². The molecule has 7 heteroatoms. The smallest absolute Gasteiger partial charge is 0.335 e. The molecule has 3 aromatic rings. The summed E-state index contributed by atoms with van der Waals surface area (Å²) in [5, 5.41) is 14.0. The topological polar surface area (TPSA) is 72.9 Å². The number of hydrogen-bond acceptors (Lipinski definition) is 4. The van der Waals surface area contributed by atoms with Crippen molar-refractivity contribution in [3.63, 3.8) is 0 Å². The highest BCUT2D eigenvalue weighted by Gasteiger charge is 2.33. The van der Waals surface area contributed by atoms with Crippen LogP contribution < -0.4 is 10.2 Å². The van der Waals surface area contributed by atoms with Gasteiger partial charge in [0.2, 0.25) is 5.91 Å². The van der Waals surface area contributed by atoms with E-state index in [4.69, 9.17) is 11.6 Å². The Balaban J connectivity index is 1.86. The molecule has 4 rings (SSSR count). The van der Waals surface area contributed by atoms with E-state index in [9.17, 15) is 14.7 Å². The number of benzene rings is 3. The van der Waals surface area contributed by atoms with Crippen molar-refractivity contribution in [1.82, 2.24) is 4.90 Å².